The van der Waals surface area contributed by atoms with Crippen LogP contribution in [-0.4, -0.2) is 28.5 Å². The van der Waals surface area contributed by atoms with Crippen LogP contribution < -0.4 is 5.73 Å². The highest BCUT2D eigenvalue weighted by Crippen LogP contribution is 1.79. The fourth-order valence-electron chi connectivity index (χ4n) is 0.168. The molecule has 0 aliphatic carbocycles. The summed E-state index contributed by atoms with van der Waals surface area (Å²) in [6.45, 7) is 1.30. The molecule has 0 radical (unpaired) electrons. The van der Waals surface area contributed by atoms with Gasteiger partial charge in [0.2, 0.25) is 0 Å². The summed E-state index contributed by atoms with van der Waals surface area (Å²) in [6, 6.07) is 0. The quantitative estimate of drug-likeness (QED) is 0.323. The Morgan fingerprint density at radius 3 is 2.25 bits per heavy atom. The van der Waals surface area contributed by atoms with Crippen LogP contribution in [0, 0.1) is 0 Å². The lowest BCUT2D eigenvalue weighted by molar-refractivity contribution is -0.0334. The molecule has 50 valence electrons. The van der Waals surface area contributed by atoms with Crippen molar-refractivity contribution in [1.29, 1.82) is 0 Å². The van der Waals surface area contributed by atoms with E-state index in [1.807, 2.05) is 0 Å². The zero-order valence-corrected chi connectivity index (χ0v) is 3.92. The van der Waals surface area contributed by atoms with Crippen LogP contribution in [0.25, 0.3) is 0 Å². The molecule has 0 rings (SSSR count). The molecule has 0 fully saturated rings. The van der Waals surface area contributed by atoms with Crippen molar-refractivity contribution < 1.29 is 14.6 Å². The molecule has 0 spiro atoms. The Labute approximate surface area is 51.7 Å². The molecule has 0 aliphatic rings. The molecule has 0 aromatic rings. The molecule has 0 bridgehead atoms. The smallest absolute Gasteiger partial charge is 0.406 e. The van der Waals surface area contributed by atoms with Gasteiger partial charge in [-0.15, -0.1) is 0 Å². The first kappa shape index (κ1) is 10.4. The number of primary amides is 1. The van der Waals surface area contributed by atoms with Gasteiger partial charge in [0.05, 0.1) is 0 Å². The number of hydrogen-bond donors (Lipinski definition) is 2. The van der Waals surface area contributed by atoms with Crippen LogP contribution in [0.5, 0.6) is 0 Å². The van der Waals surface area contributed by atoms with E-state index in [9.17, 15) is 4.79 Å². The Morgan fingerprint density at radius 1 is 1.88 bits per heavy atom. The van der Waals surface area contributed by atoms with E-state index < -0.39 is 12.4 Å². The molecular formula is C3H11NO3Si. The van der Waals surface area contributed by atoms with Crippen molar-refractivity contribution >= 4 is 17.1 Å². The Morgan fingerprint density at radius 2 is 2.25 bits per heavy atom. The van der Waals surface area contributed by atoms with Crippen LogP contribution in [-0.2, 0) is 4.74 Å². The minimum atomic E-state index is -1.10. The molecule has 4 nitrogen and oxygen atoms in total. The number of carbonyl (C=O) groups is 1. The summed E-state index contributed by atoms with van der Waals surface area (Å²) in [5.74, 6) is 0. The van der Waals surface area contributed by atoms with Crippen molar-refractivity contribution in [2.75, 3.05) is 0 Å². The molecule has 0 saturated carbocycles. The zero-order valence-electron chi connectivity index (χ0n) is 3.92. The average Bonchev–Trinajstić information content (AvgIpc) is 1.27. The van der Waals surface area contributed by atoms with Gasteiger partial charge in [0.15, 0.2) is 6.29 Å². The largest absolute Gasteiger partial charge is 0.420 e. The van der Waals surface area contributed by atoms with E-state index in [1.165, 1.54) is 6.92 Å². The number of aliphatic hydroxyl groups is 1. The first-order valence-corrected chi connectivity index (χ1v) is 1.77. The third kappa shape index (κ3) is 9.07. The molecule has 5 heteroatoms. The summed E-state index contributed by atoms with van der Waals surface area (Å²) in [5, 5.41) is 8.20. The topological polar surface area (TPSA) is 72.6 Å². The van der Waals surface area contributed by atoms with Gasteiger partial charge in [-0.1, -0.05) is 0 Å². The minimum absolute atomic E-state index is 0. The highest BCUT2D eigenvalue weighted by Gasteiger charge is 1.96. The van der Waals surface area contributed by atoms with Gasteiger partial charge in [-0.05, 0) is 17.9 Å². The second-order valence-corrected chi connectivity index (χ2v) is 1.04. The van der Waals surface area contributed by atoms with Gasteiger partial charge in [-0.25, -0.2) is 4.79 Å². The number of ether oxygens (including phenoxy) is 1. The van der Waals surface area contributed by atoms with E-state index in [4.69, 9.17) is 5.11 Å². The van der Waals surface area contributed by atoms with Crippen molar-refractivity contribution in [1.82, 2.24) is 0 Å². The van der Waals surface area contributed by atoms with E-state index in [0.717, 1.165) is 0 Å². The van der Waals surface area contributed by atoms with Crippen LogP contribution in [0.2, 0.25) is 0 Å². The number of amides is 1. The number of carbonyl (C=O) groups excluding carboxylic acids is 1. The normalized spacial score (nSPS) is 11.2. The predicted molar refractivity (Wildman–Crippen MR) is 33.7 cm³/mol. The van der Waals surface area contributed by atoms with Crippen LogP contribution in [0.1, 0.15) is 6.92 Å². The van der Waals surface area contributed by atoms with E-state index >= 15 is 0 Å². The Balaban J connectivity index is 0. The summed E-state index contributed by atoms with van der Waals surface area (Å²) < 4.78 is 3.94. The molecule has 3 N–H and O–H groups in total. The molecule has 1 amide bonds. The van der Waals surface area contributed by atoms with Crippen molar-refractivity contribution in [3.05, 3.63) is 0 Å². The molecule has 8 heavy (non-hydrogen) atoms. The van der Waals surface area contributed by atoms with Crippen molar-refractivity contribution in [2.24, 2.45) is 5.73 Å². The zero-order chi connectivity index (χ0) is 5.86. The molecular weight excluding hydrogens is 126 g/mol. The Kier molecular flexibility index (Phi) is 6.00. The van der Waals surface area contributed by atoms with Gasteiger partial charge < -0.3 is 15.6 Å². The van der Waals surface area contributed by atoms with Crippen LogP contribution in [0.3, 0.4) is 0 Å². The molecule has 1 unspecified atom stereocenters. The third-order valence-electron chi connectivity index (χ3n) is 0.287. The van der Waals surface area contributed by atoms with Crippen LogP contribution in [0.4, 0.5) is 4.79 Å². The predicted octanol–water partition coefficient (Wildman–Crippen LogP) is -2.03. The average molecular weight is 137 g/mol. The van der Waals surface area contributed by atoms with E-state index in [-0.39, 0.29) is 11.0 Å². The highest BCUT2D eigenvalue weighted by molar-refractivity contribution is 5.75. The first-order valence-electron chi connectivity index (χ1n) is 1.77. The molecule has 0 saturated heterocycles. The van der Waals surface area contributed by atoms with Crippen LogP contribution >= 0.6 is 0 Å². The molecule has 1 atom stereocenters. The lowest BCUT2D eigenvalue weighted by atomic mass is 10.8. The monoisotopic (exact) mass is 137 g/mol. The Hall–Kier alpha value is -0.553. The number of hydrogen-bond acceptors (Lipinski definition) is 3. The maximum absolute atomic E-state index is 9.65. The van der Waals surface area contributed by atoms with Gasteiger partial charge in [0.1, 0.15) is 0 Å². The molecule has 0 aromatic carbocycles. The minimum Gasteiger partial charge on any atom is -0.420 e. The Bertz CT molecular complexity index is 74.9. The lowest BCUT2D eigenvalue weighted by Gasteiger charge is -2.00. The third-order valence-corrected chi connectivity index (χ3v) is 0.287. The summed E-state index contributed by atoms with van der Waals surface area (Å²) in [4.78, 5) is 9.65. The summed E-state index contributed by atoms with van der Waals surface area (Å²) >= 11 is 0. The number of nitrogens with two attached hydrogens (primary N) is 1. The number of rotatable bonds is 1. The number of aliphatic hydroxyl groups excluding tert-OH is 1. The summed E-state index contributed by atoms with van der Waals surface area (Å²) in [5.41, 5.74) is 4.47. The van der Waals surface area contributed by atoms with Crippen molar-refractivity contribution in [3.63, 3.8) is 0 Å². The van der Waals surface area contributed by atoms with Crippen molar-refractivity contribution in [2.45, 2.75) is 13.2 Å². The second kappa shape index (κ2) is 4.60. The SMILES string of the molecule is CC(O)OC(N)=O.[SiH4]. The van der Waals surface area contributed by atoms with Gasteiger partial charge >= 0.3 is 6.09 Å². The van der Waals surface area contributed by atoms with E-state index in [0.29, 0.717) is 0 Å². The van der Waals surface area contributed by atoms with Gasteiger partial charge in [-0.3, -0.25) is 0 Å². The van der Waals surface area contributed by atoms with Gasteiger partial charge in [-0.2, -0.15) is 0 Å². The lowest BCUT2D eigenvalue weighted by Crippen LogP contribution is -2.19. The summed E-state index contributed by atoms with van der Waals surface area (Å²) in [6.07, 6.45) is -2.06. The summed E-state index contributed by atoms with van der Waals surface area (Å²) in [7, 11) is 0. The standard InChI is InChI=1S/C3H7NO3.H4Si/c1-2(5)7-3(4)6;/h2,5H,1H3,(H2,4,6);1H4. The maximum atomic E-state index is 9.65. The van der Waals surface area contributed by atoms with Gasteiger partial charge in [0, 0.05) is 0 Å². The second-order valence-electron chi connectivity index (χ2n) is 1.04. The maximum Gasteiger partial charge on any atom is 0.406 e. The molecule has 0 heterocycles. The van der Waals surface area contributed by atoms with Gasteiger partial charge in [0.25, 0.3) is 0 Å². The van der Waals surface area contributed by atoms with Crippen LogP contribution in [0.15, 0.2) is 0 Å². The van der Waals surface area contributed by atoms with Crippen molar-refractivity contribution in [3.8, 4) is 0 Å². The molecule has 0 aliphatic heterocycles. The highest BCUT2D eigenvalue weighted by atomic mass is 28.1. The first-order chi connectivity index (χ1) is 3.13. The fraction of sp³-hybridized carbons (Fsp3) is 0.667. The molecule has 0 aromatic heterocycles. The van der Waals surface area contributed by atoms with E-state index in [1.54, 1.807) is 0 Å². The van der Waals surface area contributed by atoms with E-state index in [2.05, 4.69) is 10.5 Å². The fourth-order valence-corrected chi connectivity index (χ4v) is 0.168.